The van der Waals surface area contributed by atoms with E-state index in [1.165, 1.54) is 4.90 Å². The Morgan fingerprint density at radius 2 is 1.57 bits per heavy atom. The molecule has 0 bridgehead atoms. The molecule has 3 heteroatoms. The standard InChI is InChI=1S/C18H19NO2/c1-17(2,13-9-5-4-6-10-13)18(21)15-12-8-7-11-14(15)16(20)19(18)3/h4-12,21H,1-3H3. The molecule has 1 atom stereocenters. The van der Waals surface area contributed by atoms with Crippen LogP contribution in [-0.2, 0) is 11.1 Å². The zero-order chi connectivity index (χ0) is 15.3. The number of hydrogen-bond donors (Lipinski definition) is 1. The molecule has 0 aliphatic carbocycles. The fraction of sp³-hybridized carbons (Fsp3) is 0.278. The minimum absolute atomic E-state index is 0.142. The molecule has 0 spiro atoms. The summed E-state index contributed by atoms with van der Waals surface area (Å²) in [5.74, 6) is -0.142. The van der Waals surface area contributed by atoms with E-state index in [1.54, 1.807) is 13.1 Å². The number of hydrogen-bond acceptors (Lipinski definition) is 2. The smallest absolute Gasteiger partial charge is 0.256 e. The van der Waals surface area contributed by atoms with Gasteiger partial charge in [-0.1, -0.05) is 62.4 Å². The van der Waals surface area contributed by atoms with Crippen LogP contribution < -0.4 is 0 Å². The van der Waals surface area contributed by atoms with Gasteiger partial charge in [-0.05, 0) is 11.6 Å². The number of carbonyl (C=O) groups excluding carboxylic acids is 1. The molecule has 2 aromatic rings. The van der Waals surface area contributed by atoms with Gasteiger partial charge < -0.3 is 10.0 Å². The van der Waals surface area contributed by atoms with E-state index in [1.807, 2.05) is 62.4 Å². The van der Waals surface area contributed by atoms with Crippen molar-refractivity contribution in [3.05, 3.63) is 71.3 Å². The highest BCUT2D eigenvalue weighted by molar-refractivity contribution is 5.99. The number of carbonyl (C=O) groups is 1. The molecule has 3 nitrogen and oxygen atoms in total. The monoisotopic (exact) mass is 281 g/mol. The largest absolute Gasteiger partial charge is 0.366 e. The van der Waals surface area contributed by atoms with Crippen LogP contribution in [0.2, 0.25) is 0 Å². The van der Waals surface area contributed by atoms with E-state index in [2.05, 4.69) is 0 Å². The molecule has 3 rings (SSSR count). The number of amides is 1. The number of likely N-dealkylation sites (N-methyl/N-ethyl adjacent to an activating group) is 1. The first-order valence-corrected chi connectivity index (χ1v) is 7.06. The van der Waals surface area contributed by atoms with Crippen molar-refractivity contribution in [2.75, 3.05) is 7.05 Å². The van der Waals surface area contributed by atoms with E-state index < -0.39 is 11.1 Å². The minimum Gasteiger partial charge on any atom is -0.366 e. The third kappa shape index (κ3) is 1.67. The van der Waals surface area contributed by atoms with Crippen molar-refractivity contribution in [3.63, 3.8) is 0 Å². The summed E-state index contributed by atoms with van der Waals surface area (Å²) in [4.78, 5) is 13.9. The van der Waals surface area contributed by atoms with Gasteiger partial charge in [0.2, 0.25) is 0 Å². The molecule has 1 aliphatic rings. The van der Waals surface area contributed by atoms with E-state index in [9.17, 15) is 9.90 Å². The van der Waals surface area contributed by atoms with E-state index in [0.717, 1.165) is 5.56 Å². The van der Waals surface area contributed by atoms with Gasteiger partial charge in [-0.2, -0.15) is 0 Å². The molecule has 0 aromatic heterocycles. The summed E-state index contributed by atoms with van der Waals surface area (Å²) in [6.45, 7) is 3.93. The van der Waals surface area contributed by atoms with Crippen molar-refractivity contribution in [2.24, 2.45) is 0 Å². The molecular formula is C18H19NO2. The minimum atomic E-state index is -1.36. The predicted molar refractivity (Wildman–Crippen MR) is 81.9 cm³/mol. The molecule has 0 saturated heterocycles. The molecule has 0 saturated carbocycles. The van der Waals surface area contributed by atoms with Crippen LogP contribution in [0.5, 0.6) is 0 Å². The zero-order valence-corrected chi connectivity index (χ0v) is 12.5. The van der Waals surface area contributed by atoms with Crippen molar-refractivity contribution in [2.45, 2.75) is 25.0 Å². The van der Waals surface area contributed by atoms with Crippen LogP contribution >= 0.6 is 0 Å². The second-order valence-electron chi connectivity index (χ2n) is 6.07. The molecule has 108 valence electrons. The predicted octanol–water partition coefficient (Wildman–Crippen LogP) is 2.90. The second kappa shape index (κ2) is 4.43. The summed E-state index contributed by atoms with van der Waals surface area (Å²) >= 11 is 0. The third-order valence-corrected chi connectivity index (χ3v) is 4.69. The van der Waals surface area contributed by atoms with Gasteiger partial charge in [0.25, 0.3) is 5.91 Å². The van der Waals surface area contributed by atoms with Crippen LogP contribution in [0.1, 0.15) is 35.3 Å². The molecule has 1 N–H and O–H groups in total. The Labute approximate surface area is 124 Å². The Kier molecular flexibility index (Phi) is 2.92. The maximum absolute atomic E-state index is 12.5. The van der Waals surface area contributed by atoms with Crippen molar-refractivity contribution < 1.29 is 9.90 Å². The average Bonchev–Trinajstić information content (AvgIpc) is 2.72. The van der Waals surface area contributed by atoms with Crippen LogP contribution in [0.25, 0.3) is 0 Å². The molecule has 1 heterocycles. The summed E-state index contributed by atoms with van der Waals surface area (Å²) in [6.07, 6.45) is 0. The molecule has 21 heavy (non-hydrogen) atoms. The summed E-state index contributed by atoms with van der Waals surface area (Å²) in [5.41, 5.74) is 0.245. The van der Waals surface area contributed by atoms with Gasteiger partial charge in [0.15, 0.2) is 5.72 Å². The van der Waals surface area contributed by atoms with Gasteiger partial charge in [-0.3, -0.25) is 4.79 Å². The molecule has 2 aromatic carbocycles. The molecule has 0 fully saturated rings. The van der Waals surface area contributed by atoms with E-state index in [4.69, 9.17) is 0 Å². The Morgan fingerprint density at radius 1 is 1.00 bits per heavy atom. The molecule has 1 amide bonds. The lowest BCUT2D eigenvalue weighted by Gasteiger charge is -2.45. The van der Waals surface area contributed by atoms with Crippen LogP contribution in [0.15, 0.2) is 54.6 Å². The Morgan fingerprint density at radius 3 is 2.24 bits per heavy atom. The number of benzene rings is 2. The SMILES string of the molecule is CN1C(=O)c2ccccc2C1(O)C(C)(C)c1ccccc1. The summed E-state index contributed by atoms with van der Waals surface area (Å²) < 4.78 is 0. The van der Waals surface area contributed by atoms with Gasteiger partial charge in [0, 0.05) is 23.6 Å². The number of aliphatic hydroxyl groups is 1. The van der Waals surface area contributed by atoms with E-state index >= 15 is 0 Å². The lowest BCUT2D eigenvalue weighted by atomic mass is 9.72. The van der Waals surface area contributed by atoms with Crippen LogP contribution in [-0.4, -0.2) is 23.0 Å². The van der Waals surface area contributed by atoms with Gasteiger partial charge in [0.1, 0.15) is 0 Å². The van der Waals surface area contributed by atoms with E-state index in [-0.39, 0.29) is 5.91 Å². The fourth-order valence-corrected chi connectivity index (χ4v) is 3.29. The Balaban J connectivity index is 2.23. The molecule has 0 radical (unpaired) electrons. The second-order valence-corrected chi connectivity index (χ2v) is 6.07. The van der Waals surface area contributed by atoms with Gasteiger partial charge >= 0.3 is 0 Å². The van der Waals surface area contributed by atoms with E-state index in [0.29, 0.717) is 11.1 Å². The van der Waals surface area contributed by atoms with Gasteiger partial charge in [-0.25, -0.2) is 0 Å². The Hall–Kier alpha value is -2.13. The van der Waals surface area contributed by atoms with Crippen LogP contribution in [0.4, 0.5) is 0 Å². The lowest BCUT2D eigenvalue weighted by molar-refractivity contribution is -0.124. The zero-order valence-electron chi connectivity index (χ0n) is 12.5. The van der Waals surface area contributed by atoms with Crippen molar-refractivity contribution in [1.82, 2.24) is 4.90 Å². The molecular weight excluding hydrogens is 262 g/mol. The first kappa shape index (κ1) is 13.8. The fourth-order valence-electron chi connectivity index (χ4n) is 3.29. The Bertz CT molecular complexity index is 693. The molecule has 1 unspecified atom stereocenters. The molecule has 1 aliphatic heterocycles. The highest BCUT2D eigenvalue weighted by atomic mass is 16.3. The van der Waals surface area contributed by atoms with Gasteiger partial charge in [0.05, 0.1) is 0 Å². The quantitative estimate of drug-likeness (QED) is 0.919. The third-order valence-electron chi connectivity index (χ3n) is 4.69. The highest BCUT2D eigenvalue weighted by Crippen LogP contribution is 2.49. The number of fused-ring (bicyclic) bond motifs is 1. The maximum atomic E-state index is 12.5. The topological polar surface area (TPSA) is 40.5 Å². The normalized spacial score (nSPS) is 21.5. The highest BCUT2D eigenvalue weighted by Gasteiger charge is 2.56. The lowest BCUT2D eigenvalue weighted by Crippen LogP contribution is -2.54. The number of rotatable bonds is 2. The van der Waals surface area contributed by atoms with Crippen molar-refractivity contribution in [3.8, 4) is 0 Å². The first-order chi connectivity index (χ1) is 9.90. The summed E-state index contributed by atoms with van der Waals surface area (Å²) in [5, 5.41) is 11.5. The van der Waals surface area contributed by atoms with Crippen molar-refractivity contribution >= 4 is 5.91 Å². The summed E-state index contributed by atoms with van der Waals surface area (Å²) in [6, 6.07) is 17.1. The van der Waals surface area contributed by atoms with Crippen LogP contribution in [0.3, 0.4) is 0 Å². The average molecular weight is 281 g/mol. The number of nitrogens with zero attached hydrogens (tertiary/aromatic N) is 1. The van der Waals surface area contributed by atoms with Crippen LogP contribution in [0, 0.1) is 0 Å². The van der Waals surface area contributed by atoms with Gasteiger partial charge in [-0.15, -0.1) is 0 Å². The summed E-state index contributed by atoms with van der Waals surface area (Å²) in [7, 11) is 1.66. The van der Waals surface area contributed by atoms with Crippen molar-refractivity contribution in [1.29, 1.82) is 0 Å². The maximum Gasteiger partial charge on any atom is 0.256 e. The first-order valence-electron chi connectivity index (χ1n) is 7.06.